The first-order valence-electron chi connectivity index (χ1n) is 7.19. The zero-order chi connectivity index (χ0) is 15.7. The summed E-state index contributed by atoms with van der Waals surface area (Å²) in [5.41, 5.74) is 2.36. The molecule has 1 N–H and O–H groups in total. The van der Waals surface area contributed by atoms with Crippen molar-refractivity contribution in [3.05, 3.63) is 29.0 Å². The SMILES string of the molecule is CC(=O)N1CC[C@H]1c1cc(NCc2nonc2C)nc(C)n1. The Hall–Kier alpha value is -2.51. The number of likely N-dealkylation sites (tertiary alicyclic amines) is 1. The number of carbonyl (C=O) groups is 1. The predicted molar refractivity (Wildman–Crippen MR) is 77.9 cm³/mol. The lowest BCUT2D eigenvalue weighted by atomic mass is 9.99. The van der Waals surface area contributed by atoms with Crippen molar-refractivity contribution < 1.29 is 9.42 Å². The van der Waals surface area contributed by atoms with E-state index in [0.717, 1.165) is 30.0 Å². The zero-order valence-corrected chi connectivity index (χ0v) is 12.8. The molecule has 2 aromatic rings. The van der Waals surface area contributed by atoms with Crippen LogP contribution in [-0.4, -0.2) is 37.6 Å². The van der Waals surface area contributed by atoms with Gasteiger partial charge in [-0.1, -0.05) is 10.3 Å². The Morgan fingerprint density at radius 1 is 1.41 bits per heavy atom. The number of anilines is 1. The van der Waals surface area contributed by atoms with Gasteiger partial charge >= 0.3 is 0 Å². The van der Waals surface area contributed by atoms with Crippen molar-refractivity contribution in [3.63, 3.8) is 0 Å². The Kier molecular flexibility index (Phi) is 3.74. The maximum Gasteiger partial charge on any atom is 0.220 e. The maximum atomic E-state index is 11.5. The van der Waals surface area contributed by atoms with Crippen molar-refractivity contribution in [2.24, 2.45) is 0 Å². The van der Waals surface area contributed by atoms with Gasteiger partial charge in [0.1, 0.15) is 23.0 Å². The molecule has 1 atom stereocenters. The minimum atomic E-state index is 0.0511. The number of aromatic nitrogens is 4. The van der Waals surface area contributed by atoms with E-state index in [-0.39, 0.29) is 11.9 Å². The molecule has 116 valence electrons. The lowest BCUT2D eigenvalue weighted by molar-refractivity contribution is -0.136. The fraction of sp³-hybridized carbons (Fsp3) is 0.500. The van der Waals surface area contributed by atoms with Crippen LogP contribution in [0.15, 0.2) is 10.7 Å². The molecule has 0 spiro atoms. The van der Waals surface area contributed by atoms with Crippen molar-refractivity contribution in [1.82, 2.24) is 25.2 Å². The Morgan fingerprint density at radius 3 is 2.82 bits per heavy atom. The van der Waals surface area contributed by atoms with Crippen LogP contribution in [0.1, 0.15) is 42.3 Å². The lowest BCUT2D eigenvalue weighted by Gasteiger charge is -2.40. The number of hydrogen-bond donors (Lipinski definition) is 1. The monoisotopic (exact) mass is 302 g/mol. The van der Waals surface area contributed by atoms with Crippen molar-refractivity contribution in [2.45, 2.75) is 39.8 Å². The smallest absolute Gasteiger partial charge is 0.220 e. The first-order valence-corrected chi connectivity index (χ1v) is 7.19. The van der Waals surface area contributed by atoms with Crippen molar-refractivity contribution in [3.8, 4) is 0 Å². The summed E-state index contributed by atoms with van der Waals surface area (Å²) in [7, 11) is 0. The second-order valence-corrected chi connectivity index (χ2v) is 5.39. The van der Waals surface area contributed by atoms with Crippen LogP contribution in [0.4, 0.5) is 5.82 Å². The summed E-state index contributed by atoms with van der Waals surface area (Å²) in [5.74, 6) is 1.46. The molecule has 0 radical (unpaired) electrons. The molecule has 1 amide bonds. The second kappa shape index (κ2) is 5.70. The number of nitrogens with zero attached hydrogens (tertiary/aromatic N) is 5. The maximum absolute atomic E-state index is 11.5. The van der Waals surface area contributed by atoms with Crippen LogP contribution in [0.2, 0.25) is 0 Å². The summed E-state index contributed by atoms with van der Waals surface area (Å²) in [4.78, 5) is 22.2. The molecular formula is C14H18N6O2. The van der Waals surface area contributed by atoms with E-state index in [2.05, 4.69) is 30.2 Å². The van der Waals surface area contributed by atoms with Gasteiger partial charge in [0.15, 0.2) is 0 Å². The van der Waals surface area contributed by atoms with Gasteiger partial charge in [-0.2, -0.15) is 0 Å². The molecule has 0 aromatic carbocycles. The molecular weight excluding hydrogens is 284 g/mol. The molecule has 3 rings (SSSR count). The molecule has 0 aliphatic carbocycles. The molecule has 1 aliphatic rings. The molecule has 0 unspecified atom stereocenters. The first kappa shape index (κ1) is 14.4. The quantitative estimate of drug-likeness (QED) is 0.911. The van der Waals surface area contributed by atoms with Gasteiger partial charge in [0, 0.05) is 19.5 Å². The molecule has 0 bridgehead atoms. The van der Waals surface area contributed by atoms with Gasteiger partial charge in [-0.3, -0.25) is 4.79 Å². The molecule has 1 aliphatic heterocycles. The summed E-state index contributed by atoms with van der Waals surface area (Å²) in [5, 5.41) is 10.8. The minimum absolute atomic E-state index is 0.0511. The zero-order valence-electron chi connectivity index (χ0n) is 12.8. The van der Waals surface area contributed by atoms with Crippen molar-refractivity contribution in [1.29, 1.82) is 0 Å². The highest BCUT2D eigenvalue weighted by molar-refractivity contribution is 5.74. The third-order valence-corrected chi connectivity index (χ3v) is 3.81. The lowest BCUT2D eigenvalue weighted by Crippen LogP contribution is -2.44. The van der Waals surface area contributed by atoms with Gasteiger partial charge < -0.3 is 10.2 Å². The Bertz CT molecular complexity index is 698. The van der Waals surface area contributed by atoms with E-state index < -0.39 is 0 Å². The third kappa shape index (κ3) is 2.76. The number of carbonyl (C=O) groups excluding carboxylic acids is 1. The predicted octanol–water partition coefficient (Wildman–Crippen LogP) is 1.38. The largest absolute Gasteiger partial charge is 0.364 e. The Morgan fingerprint density at radius 2 is 2.23 bits per heavy atom. The first-order chi connectivity index (χ1) is 10.5. The fourth-order valence-corrected chi connectivity index (χ4v) is 2.51. The van der Waals surface area contributed by atoms with Crippen LogP contribution in [0.3, 0.4) is 0 Å². The number of hydrogen-bond acceptors (Lipinski definition) is 7. The number of aryl methyl sites for hydroxylation is 2. The molecule has 1 fully saturated rings. The topological polar surface area (TPSA) is 97.0 Å². The van der Waals surface area contributed by atoms with E-state index in [1.54, 1.807) is 6.92 Å². The molecule has 8 heteroatoms. The van der Waals surface area contributed by atoms with Gasteiger partial charge in [0.2, 0.25) is 5.91 Å². The summed E-state index contributed by atoms with van der Waals surface area (Å²) < 4.78 is 4.67. The van der Waals surface area contributed by atoms with Crippen molar-refractivity contribution >= 4 is 11.7 Å². The van der Waals surface area contributed by atoms with E-state index in [4.69, 9.17) is 0 Å². The molecule has 2 aromatic heterocycles. The molecule has 0 saturated carbocycles. The number of rotatable bonds is 4. The Balaban J connectivity index is 1.75. The molecule has 1 saturated heterocycles. The van der Waals surface area contributed by atoms with Gasteiger partial charge in [-0.05, 0) is 20.3 Å². The van der Waals surface area contributed by atoms with Gasteiger partial charge in [0.25, 0.3) is 0 Å². The van der Waals surface area contributed by atoms with E-state index in [9.17, 15) is 4.79 Å². The van der Waals surface area contributed by atoms with Crippen LogP contribution in [0.5, 0.6) is 0 Å². The molecule has 3 heterocycles. The van der Waals surface area contributed by atoms with Gasteiger partial charge in [-0.15, -0.1) is 0 Å². The summed E-state index contributed by atoms with van der Waals surface area (Å²) in [6.07, 6.45) is 0.932. The average molecular weight is 302 g/mol. The number of nitrogens with one attached hydrogen (secondary N) is 1. The van der Waals surface area contributed by atoms with Gasteiger partial charge in [0.05, 0.1) is 18.3 Å². The standard InChI is InChI=1S/C14H18N6O2/c1-8-12(19-22-18-8)7-15-14-6-11(16-9(2)17-14)13-4-5-20(13)10(3)21/h6,13H,4-5,7H2,1-3H3,(H,15,16,17)/t13-/m0/s1. The van der Waals surface area contributed by atoms with E-state index in [1.807, 2.05) is 24.8 Å². The summed E-state index contributed by atoms with van der Waals surface area (Å²) in [6, 6.07) is 1.94. The van der Waals surface area contributed by atoms with Crippen LogP contribution >= 0.6 is 0 Å². The average Bonchev–Trinajstić information content (AvgIpc) is 2.79. The van der Waals surface area contributed by atoms with Crippen LogP contribution in [-0.2, 0) is 11.3 Å². The third-order valence-electron chi connectivity index (χ3n) is 3.81. The Labute approximate surface area is 127 Å². The normalized spacial score (nSPS) is 17.2. The van der Waals surface area contributed by atoms with E-state index >= 15 is 0 Å². The van der Waals surface area contributed by atoms with Crippen LogP contribution in [0.25, 0.3) is 0 Å². The van der Waals surface area contributed by atoms with E-state index in [0.29, 0.717) is 18.2 Å². The van der Waals surface area contributed by atoms with Crippen molar-refractivity contribution in [2.75, 3.05) is 11.9 Å². The highest BCUT2D eigenvalue weighted by Gasteiger charge is 2.32. The molecule has 22 heavy (non-hydrogen) atoms. The van der Waals surface area contributed by atoms with Crippen LogP contribution in [0, 0.1) is 13.8 Å². The minimum Gasteiger partial charge on any atom is -0.364 e. The molecule has 8 nitrogen and oxygen atoms in total. The van der Waals surface area contributed by atoms with Crippen LogP contribution < -0.4 is 5.32 Å². The second-order valence-electron chi connectivity index (χ2n) is 5.39. The highest BCUT2D eigenvalue weighted by atomic mass is 16.6. The highest BCUT2D eigenvalue weighted by Crippen LogP contribution is 2.32. The van der Waals surface area contributed by atoms with Gasteiger partial charge in [-0.25, -0.2) is 14.6 Å². The van der Waals surface area contributed by atoms with E-state index in [1.165, 1.54) is 0 Å². The summed E-state index contributed by atoms with van der Waals surface area (Å²) in [6.45, 7) is 6.53. The fourth-order valence-electron chi connectivity index (χ4n) is 2.51. The number of amides is 1. The summed E-state index contributed by atoms with van der Waals surface area (Å²) >= 11 is 0.